The molecule has 0 saturated heterocycles. The van der Waals surface area contributed by atoms with E-state index in [0.29, 0.717) is 17.7 Å². The van der Waals surface area contributed by atoms with Crippen molar-refractivity contribution in [3.63, 3.8) is 0 Å². The lowest BCUT2D eigenvalue weighted by molar-refractivity contribution is 0.102. The number of carbonyl (C=O) groups excluding carboxylic acids is 1. The smallest absolute Gasteiger partial charge is 0.276 e. The van der Waals surface area contributed by atoms with Gasteiger partial charge in [0.05, 0.1) is 10.6 Å². The van der Waals surface area contributed by atoms with E-state index in [4.69, 9.17) is 5.14 Å². The van der Waals surface area contributed by atoms with Crippen molar-refractivity contribution in [1.29, 1.82) is 0 Å². The summed E-state index contributed by atoms with van der Waals surface area (Å²) in [5, 5.41) is 11.9. The molecule has 1 heterocycles. The first kappa shape index (κ1) is 18.7. The Balaban J connectivity index is 1.84. The van der Waals surface area contributed by atoms with Gasteiger partial charge in [-0.15, -0.1) is 0 Å². The Morgan fingerprint density at radius 3 is 2.67 bits per heavy atom. The van der Waals surface area contributed by atoms with Gasteiger partial charge in [-0.05, 0) is 48.4 Å². The zero-order valence-electron chi connectivity index (χ0n) is 14.4. The molecule has 2 aromatic carbocycles. The number of nitrogens with two attached hydrogens (primary N) is 1. The van der Waals surface area contributed by atoms with Crippen LogP contribution in [0.4, 0.5) is 10.1 Å². The summed E-state index contributed by atoms with van der Waals surface area (Å²) in [7, 11) is -3.91. The number of sulfonamides is 1. The number of hydrogen-bond acceptors (Lipinski definition) is 4. The molecule has 3 rings (SSSR count). The predicted octanol–water partition coefficient (Wildman–Crippen LogP) is 2.47. The van der Waals surface area contributed by atoms with Crippen molar-refractivity contribution in [2.75, 3.05) is 5.32 Å². The Morgan fingerprint density at radius 1 is 1.22 bits per heavy atom. The van der Waals surface area contributed by atoms with E-state index in [1.807, 2.05) is 0 Å². The molecule has 0 aliphatic heterocycles. The van der Waals surface area contributed by atoms with Gasteiger partial charge in [-0.1, -0.05) is 19.1 Å². The second kappa shape index (κ2) is 7.29. The van der Waals surface area contributed by atoms with Crippen LogP contribution in [-0.4, -0.2) is 24.1 Å². The van der Waals surface area contributed by atoms with Gasteiger partial charge in [-0.2, -0.15) is 5.10 Å². The summed E-state index contributed by atoms with van der Waals surface area (Å²) in [5.41, 5.74) is 1.40. The quantitative estimate of drug-likeness (QED) is 0.700. The number of aryl methyl sites for hydroxylation is 1. The summed E-state index contributed by atoms with van der Waals surface area (Å²) in [5.74, 6) is -0.949. The number of rotatable bonds is 5. The van der Waals surface area contributed by atoms with E-state index < -0.39 is 21.7 Å². The second-order valence-corrected chi connectivity index (χ2v) is 7.33. The number of hydrogen-bond donors (Lipinski definition) is 2. The van der Waals surface area contributed by atoms with Crippen molar-refractivity contribution in [1.82, 2.24) is 9.78 Å². The van der Waals surface area contributed by atoms with Crippen molar-refractivity contribution >= 4 is 21.6 Å². The number of halogens is 1. The number of benzene rings is 2. The molecule has 1 aromatic heterocycles. The number of nitrogens with one attached hydrogen (secondary N) is 1. The Morgan fingerprint density at radius 2 is 2.00 bits per heavy atom. The minimum absolute atomic E-state index is 0.0342. The molecule has 0 saturated carbocycles. The minimum atomic E-state index is -3.91. The first-order chi connectivity index (χ1) is 12.8. The van der Waals surface area contributed by atoms with Crippen LogP contribution in [0.3, 0.4) is 0 Å². The van der Waals surface area contributed by atoms with Gasteiger partial charge in [-0.25, -0.2) is 22.6 Å². The third-order valence-electron chi connectivity index (χ3n) is 3.91. The number of amides is 1. The maximum absolute atomic E-state index is 13.3. The molecule has 0 bridgehead atoms. The van der Waals surface area contributed by atoms with Gasteiger partial charge in [0.1, 0.15) is 5.82 Å². The number of nitrogens with zero attached hydrogens (tertiary/aromatic N) is 2. The average Bonchev–Trinajstić information content (AvgIpc) is 3.11. The molecule has 1 amide bonds. The standard InChI is InChI=1S/C18H17FN4O3S/c1-2-12-6-7-14(11-17(12)27(20,25)26)21-18(24)16-8-9-23(22-16)15-5-3-4-13(19)10-15/h3-11H,2H2,1H3,(H,21,24)(H2,20,25,26). The van der Waals surface area contributed by atoms with Crippen LogP contribution in [0.15, 0.2) is 59.6 Å². The highest BCUT2D eigenvalue weighted by atomic mass is 32.2. The van der Waals surface area contributed by atoms with Gasteiger partial charge in [0, 0.05) is 11.9 Å². The summed E-state index contributed by atoms with van der Waals surface area (Å²) < 4.78 is 38.1. The van der Waals surface area contributed by atoms with E-state index in [9.17, 15) is 17.6 Å². The van der Waals surface area contributed by atoms with Gasteiger partial charge < -0.3 is 5.32 Å². The normalized spacial score (nSPS) is 11.4. The van der Waals surface area contributed by atoms with Gasteiger partial charge in [0.25, 0.3) is 5.91 Å². The molecule has 3 N–H and O–H groups in total. The van der Waals surface area contributed by atoms with Gasteiger partial charge in [-0.3, -0.25) is 4.79 Å². The van der Waals surface area contributed by atoms with Crippen LogP contribution >= 0.6 is 0 Å². The second-order valence-electron chi connectivity index (χ2n) is 5.80. The van der Waals surface area contributed by atoms with Crippen molar-refractivity contribution in [3.8, 4) is 5.69 Å². The fraction of sp³-hybridized carbons (Fsp3) is 0.111. The van der Waals surface area contributed by atoms with Crippen molar-refractivity contribution < 1.29 is 17.6 Å². The third-order valence-corrected chi connectivity index (χ3v) is 4.90. The molecular formula is C18H17FN4O3S. The molecular weight excluding hydrogens is 371 g/mol. The summed E-state index contributed by atoms with van der Waals surface area (Å²) in [6, 6.07) is 11.8. The number of anilines is 1. The maximum atomic E-state index is 13.3. The van der Waals surface area contributed by atoms with Crippen LogP contribution in [0.1, 0.15) is 23.0 Å². The Hall–Kier alpha value is -3.04. The third kappa shape index (κ3) is 4.21. The Labute approximate surface area is 155 Å². The van der Waals surface area contributed by atoms with Crippen LogP contribution in [0.25, 0.3) is 5.69 Å². The van der Waals surface area contributed by atoms with E-state index in [2.05, 4.69) is 10.4 Å². The summed E-state index contributed by atoms with van der Waals surface area (Å²) in [4.78, 5) is 12.4. The Kier molecular flexibility index (Phi) is 5.06. The van der Waals surface area contributed by atoms with E-state index in [1.54, 1.807) is 25.1 Å². The van der Waals surface area contributed by atoms with Crippen molar-refractivity contribution in [2.45, 2.75) is 18.2 Å². The van der Waals surface area contributed by atoms with Crippen LogP contribution in [0, 0.1) is 5.82 Å². The predicted molar refractivity (Wildman–Crippen MR) is 98.7 cm³/mol. The zero-order valence-corrected chi connectivity index (χ0v) is 15.2. The topological polar surface area (TPSA) is 107 Å². The highest BCUT2D eigenvalue weighted by Crippen LogP contribution is 2.21. The maximum Gasteiger partial charge on any atom is 0.276 e. The average molecular weight is 388 g/mol. The molecule has 0 aliphatic carbocycles. The van der Waals surface area contributed by atoms with Crippen molar-refractivity contribution in [3.05, 3.63) is 71.8 Å². The molecule has 0 aliphatic rings. The lowest BCUT2D eigenvalue weighted by atomic mass is 10.1. The molecule has 140 valence electrons. The highest BCUT2D eigenvalue weighted by Gasteiger charge is 2.16. The molecule has 0 unspecified atom stereocenters. The number of primary sulfonamides is 1. The van der Waals surface area contributed by atoms with Gasteiger partial charge in [0.15, 0.2) is 5.69 Å². The minimum Gasteiger partial charge on any atom is -0.321 e. The molecule has 3 aromatic rings. The van der Waals surface area contributed by atoms with E-state index in [0.717, 1.165) is 0 Å². The highest BCUT2D eigenvalue weighted by molar-refractivity contribution is 7.89. The summed E-state index contributed by atoms with van der Waals surface area (Å²) in [6.07, 6.45) is 2.01. The molecule has 27 heavy (non-hydrogen) atoms. The number of carbonyl (C=O) groups is 1. The molecule has 0 atom stereocenters. The van der Waals surface area contributed by atoms with Gasteiger partial charge in [0.2, 0.25) is 10.0 Å². The fourth-order valence-corrected chi connectivity index (χ4v) is 3.46. The summed E-state index contributed by atoms with van der Waals surface area (Å²) in [6.45, 7) is 1.81. The first-order valence-electron chi connectivity index (χ1n) is 8.06. The van der Waals surface area contributed by atoms with E-state index in [-0.39, 0.29) is 16.3 Å². The first-order valence-corrected chi connectivity index (χ1v) is 9.61. The van der Waals surface area contributed by atoms with Gasteiger partial charge >= 0.3 is 0 Å². The molecule has 7 nitrogen and oxygen atoms in total. The number of aromatic nitrogens is 2. The van der Waals surface area contributed by atoms with Crippen LogP contribution in [0.5, 0.6) is 0 Å². The molecule has 0 spiro atoms. The van der Waals surface area contributed by atoms with Crippen LogP contribution in [0.2, 0.25) is 0 Å². The fourth-order valence-electron chi connectivity index (χ4n) is 2.59. The lowest BCUT2D eigenvalue weighted by Gasteiger charge is -2.09. The van der Waals surface area contributed by atoms with Crippen molar-refractivity contribution in [2.24, 2.45) is 5.14 Å². The zero-order chi connectivity index (χ0) is 19.6. The summed E-state index contributed by atoms with van der Waals surface area (Å²) >= 11 is 0. The Bertz CT molecular complexity index is 1110. The van der Waals surface area contributed by atoms with E-state index in [1.165, 1.54) is 41.2 Å². The lowest BCUT2D eigenvalue weighted by Crippen LogP contribution is -2.17. The largest absolute Gasteiger partial charge is 0.321 e. The molecule has 0 radical (unpaired) electrons. The van der Waals surface area contributed by atoms with E-state index >= 15 is 0 Å². The van der Waals surface area contributed by atoms with Crippen LogP contribution < -0.4 is 10.5 Å². The van der Waals surface area contributed by atoms with Crippen LogP contribution in [-0.2, 0) is 16.4 Å². The monoisotopic (exact) mass is 388 g/mol. The SMILES string of the molecule is CCc1ccc(NC(=O)c2ccn(-c3cccc(F)c3)n2)cc1S(N)(=O)=O. The molecule has 9 heteroatoms. The molecule has 0 fully saturated rings.